The van der Waals surface area contributed by atoms with Crippen molar-refractivity contribution in [1.82, 2.24) is 24.8 Å². The molecule has 0 saturated carbocycles. The van der Waals surface area contributed by atoms with Crippen LogP contribution in [-0.2, 0) is 4.74 Å². The van der Waals surface area contributed by atoms with Gasteiger partial charge in [0.25, 0.3) is 11.6 Å². The number of ether oxygens (including phenoxy) is 1. The van der Waals surface area contributed by atoms with Crippen LogP contribution in [0.2, 0.25) is 0 Å². The number of nitrogen functional groups attached to an aromatic ring is 1. The first-order valence-electron chi connectivity index (χ1n) is 9.25. The molecule has 1 aliphatic heterocycles. The Morgan fingerprint density at radius 2 is 2.10 bits per heavy atom. The first-order valence-corrected chi connectivity index (χ1v) is 9.25. The number of carbonyl (C=O) groups is 1. The molecule has 13 nitrogen and oxygen atoms in total. The van der Waals surface area contributed by atoms with Crippen LogP contribution in [0.4, 0.5) is 11.5 Å². The number of nitrogens with zero attached hydrogens (tertiary/aromatic N) is 5. The molecule has 0 aliphatic carbocycles. The largest absolute Gasteiger partial charge is 0.387 e. The third-order valence-corrected chi connectivity index (χ3v) is 5.13. The highest BCUT2D eigenvalue weighted by Gasteiger charge is 2.44. The number of fused-ring (bicyclic) bond motifs is 1. The summed E-state index contributed by atoms with van der Waals surface area (Å²) in [4.78, 5) is 35.0. The fraction of sp³-hybridized carbons (Fsp3) is 0.333. The summed E-state index contributed by atoms with van der Waals surface area (Å²) in [7, 11) is 0. The van der Waals surface area contributed by atoms with Crippen molar-refractivity contribution in [2.45, 2.75) is 31.5 Å². The van der Waals surface area contributed by atoms with E-state index >= 15 is 0 Å². The van der Waals surface area contributed by atoms with E-state index in [-0.39, 0.29) is 23.6 Å². The van der Waals surface area contributed by atoms with Crippen LogP contribution in [0.3, 0.4) is 0 Å². The summed E-state index contributed by atoms with van der Waals surface area (Å²) < 4.78 is 7.17. The lowest BCUT2D eigenvalue weighted by Crippen LogP contribution is -2.39. The molecule has 0 radical (unpaired) electrons. The van der Waals surface area contributed by atoms with E-state index in [2.05, 4.69) is 20.3 Å². The number of benzene rings is 1. The van der Waals surface area contributed by atoms with Crippen LogP contribution in [0, 0.1) is 17.0 Å². The zero-order chi connectivity index (χ0) is 22.3. The molecule has 162 valence electrons. The number of aliphatic hydroxyl groups is 2. The quantitative estimate of drug-likeness (QED) is 0.308. The number of nitro groups is 1. The number of aromatic nitrogens is 4. The minimum Gasteiger partial charge on any atom is -0.387 e. The van der Waals surface area contributed by atoms with E-state index < -0.39 is 35.4 Å². The van der Waals surface area contributed by atoms with Gasteiger partial charge in [0.2, 0.25) is 0 Å². The lowest BCUT2D eigenvalue weighted by molar-refractivity contribution is -0.385. The maximum atomic E-state index is 12.4. The van der Waals surface area contributed by atoms with Gasteiger partial charge in [-0.15, -0.1) is 0 Å². The second kappa shape index (κ2) is 7.86. The maximum absolute atomic E-state index is 12.4. The van der Waals surface area contributed by atoms with Crippen molar-refractivity contribution in [1.29, 1.82) is 0 Å². The Kier molecular flexibility index (Phi) is 5.22. The van der Waals surface area contributed by atoms with Crippen molar-refractivity contribution in [3.05, 3.63) is 52.1 Å². The van der Waals surface area contributed by atoms with Crippen LogP contribution in [0.25, 0.3) is 11.2 Å². The van der Waals surface area contributed by atoms with Gasteiger partial charge >= 0.3 is 0 Å². The van der Waals surface area contributed by atoms with Crippen molar-refractivity contribution >= 4 is 28.6 Å². The molecule has 4 atom stereocenters. The summed E-state index contributed by atoms with van der Waals surface area (Å²) in [6.45, 7) is 1.43. The molecule has 1 saturated heterocycles. The van der Waals surface area contributed by atoms with Gasteiger partial charge in [-0.1, -0.05) is 6.07 Å². The Morgan fingerprint density at radius 3 is 2.84 bits per heavy atom. The molecule has 5 N–H and O–H groups in total. The minimum atomic E-state index is -1.32. The number of anilines is 1. The average molecular weight is 429 g/mol. The molecule has 2 aromatic heterocycles. The number of nitrogens with two attached hydrogens (primary N) is 1. The number of nitro benzene ring substituents is 1. The third-order valence-electron chi connectivity index (χ3n) is 5.13. The smallest absolute Gasteiger partial charge is 0.273 e. The molecule has 1 aromatic carbocycles. The molecule has 3 heterocycles. The summed E-state index contributed by atoms with van der Waals surface area (Å²) in [5, 5.41) is 34.5. The first kappa shape index (κ1) is 20.6. The molecule has 31 heavy (non-hydrogen) atoms. The second-order valence-corrected chi connectivity index (χ2v) is 7.10. The second-order valence-electron chi connectivity index (χ2n) is 7.10. The molecule has 1 fully saturated rings. The number of imidazole rings is 1. The van der Waals surface area contributed by atoms with E-state index in [4.69, 9.17) is 10.5 Å². The van der Waals surface area contributed by atoms with E-state index in [9.17, 15) is 25.1 Å². The predicted molar refractivity (Wildman–Crippen MR) is 106 cm³/mol. The van der Waals surface area contributed by atoms with Gasteiger partial charge in [-0.2, -0.15) is 0 Å². The zero-order valence-electron chi connectivity index (χ0n) is 16.2. The van der Waals surface area contributed by atoms with Crippen LogP contribution in [0.1, 0.15) is 22.1 Å². The fourth-order valence-corrected chi connectivity index (χ4v) is 3.43. The van der Waals surface area contributed by atoms with Gasteiger partial charge in [-0.3, -0.25) is 19.5 Å². The number of amides is 1. The number of carbonyl (C=O) groups excluding carboxylic acids is 1. The van der Waals surface area contributed by atoms with Crippen LogP contribution in [-0.4, -0.2) is 65.4 Å². The van der Waals surface area contributed by atoms with Crippen LogP contribution < -0.4 is 11.1 Å². The number of aryl methyl sites for hydroxylation is 1. The van der Waals surface area contributed by atoms with E-state index in [0.717, 1.165) is 0 Å². The molecule has 1 aliphatic rings. The standard InChI is InChI=1S/C18H19N7O6/c1-8-2-3-9(4-10(8)25(29)30)17(28)20-5-11-13(26)14(27)18(31-11)24-7-23-12-15(19)21-6-22-16(12)24/h2-4,6-7,11,13-14,18,26-27H,5H2,1H3,(H,20,28)(H2,19,21,22)/t11-,13-,14-,18-/m1/s1. The Morgan fingerprint density at radius 1 is 1.32 bits per heavy atom. The third kappa shape index (κ3) is 3.65. The van der Waals surface area contributed by atoms with Crippen molar-refractivity contribution in [3.8, 4) is 0 Å². The molecule has 0 unspecified atom stereocenters. The molecule has 4 rings (SSSR count). The Labute approximate surface area is 174 Å². The lowest BCUT2D eigenvalue weighted by atomic mass is 10.1. The molecule has 1 amide bonds. The summed E-state index contributed by atoms with van der Waals surface area (Å²) in [5.41, 5.74) is 6.76. The number of hydrogen-bond donors (Lipinski definition) is 4. The Bertz CT molecular complexity index is 1170. The highest BCUT2D eigenvalue weighted by Crippen LogP contribution is 2.31. The van der Waals surface area contributed by atoms with Crippen molar-refractivity contribution in [3.63, 3.8) is 0 Å². The molecule has 3 aromatic rings. The minimum absolute atomic E-state index is 0.0923. The van der Waals surface area contributed by atoms with Gasteiger partial charge in [0.1, 0.15) is 30.2 Å². The van der Waals surface area contributed by atoms with Gasteiger partial charge in [0.15, 0.2) is 17.7 Å². The predicted octanol–water partition coefficient (Wildman–Crippen LogP) is -0.326. The van der Waals surface area contributed by atoms with Crippen molar-refractivity contribution < 1.29 is 24.7 Å². The van der Waals surface area contributed by atoms with Crippen molar-refractivity contribution in [2.24, 2.45) is 0 Å². The Hall–Kier alpha value is -3.68. The molecule has 0 bridgehead atoms. The van der Waals surface area contributed by atoms with Gasteiger partial charge in [-0.25, -0.2) is 15.0 Å². The number of aliphatic hydroxyl groups excluding tert-OH is 2. The highest BCUT2D eigenvalue weighted by molar-refractivity contribution is 5.95. The highest BCUT2D eigenvalue weighted by atomic mass is 16.6. The summed E-state index contributed by atoms with van der Waals surface area (Å²) in [6, 6.07) is 4.12. The molecular weight excluding hydrogens is 410 g/mol. The topological polar surface area (TPSA) is 192 Å². The Balaban J connectivity index is 1.48. The van der Waals surface area contributed by atoms with Crippen LogP contribution in [0.15, 0.2) is 30.9 Å². The van der Waals surface area contributed by atoms with E-state index in [1.807, 2.05) is 0 Å². The van der Waals surface area contributed by atoms with Crippen molar-refractivity contribution in [2.75, 3.05) is 12.3 Å². The first-order chi connectivity index (χ1) is 14.8. The number of nitrogens with one attached hydrogen (secondary N) is 1. The van der Waals surface area contributed by atoms with Gasteiger partial charge in [0.05, 0.1) is 11.3 Å². The average Bonchev–Trinajstić information content (AvgIpc) is 3.29. The van der Waals surface area contributed by atoms with Gasteiger partial charge < -0.3 is 26.0 Å². The van der Waals surface area contributed by atoms with Gasteiger partial charge in [-0.05, 0) is 13.0 Å². The molecular formula is C18H19N7O6. The summed E-state index contributed by atoms with van der Waals surface area (Å²) >= 11 is 0. The monoisotopic (exact) mass is 429 g/mol. The summed E-state index contributed by atoms with van der Waals surface area (Å²) in [5.74, 6) is -0.418. The summed E-state index contributed by atoms with van der Waals surface area (Å²) in [6.07, 6.45) is -1.99. The number of hydrogen-bond acceptors (Lipinski definition) is 10. The lowest BCUT2D eigenvalue weighted by Gasteiger charge is -2.16. The van der Waals surface area contributed by atoms with Crippen LogP contribution in [0.5, 0.6) is 0 Å². The van der Waals surface area contributed by atoms with E-state index in [0.29, 0.717) is 16.7 Å². The molecule has 0 spiro atoms. The maximum Gasteiger partial charge on any atom is 0.273 e. The van der Waals surface area contributed by atoms with Crippen LogP contribution >= 0.6 is 0 Å². The number of rotatable bonds is 5. The zero-order valence-corrected chi connectivity index (χ0v) is 16.2. The van der Waals surface area contributed by atoms with E-state index in [1.54, 1.807) is 6.92 Å². The SMILES string of the molecule is Cc1ccc(C(=O)NC[C@H]2O[C@@H](n3cnc4c(N)ncnc43)[C@H](O)[C@@H]2O)cc1[N+](=O)[O-]. The normalized spacial score (nSPS) is 23.2. The van der Waals surface area contributed by atoms with E-state index in [1.165, 1.54) is 35.4 Å². The van der Waals surface area contributed by atoms with Gasteiger partial charge in [0, 0.05) is 23.7 Å². The fourth-order valence-electron chi connectivity index (χ4n) is 3.43. The molecule has 13 heteroatoms.